The van der Waals surface area contributed by atoms with Gasteiger partial charge in [-0.1, -0.05) is 17.7 Å². The zero-order chi connectivity index (χ0) is 11.0. The molecule has 2 heterocycles. The summed E-state index contributed by atoms with van der Waals surface area (Å²) in [5.74, 6) is 0.925. The number of aromatic nitrogens is 2. The van der Waals surface area contributed by atoms with E-state index in [0.29, 0.717) is 5.15 Å². The smallest absolute Gasteiger partial charge is 0.155 e. The number of imidazole rings is 1. The summed E-state index contributed by atoms with van der Waals surface area (Å²) in [5.41, 5.74) is 7.88. The van der Waals surface area contributed by atoms with Crippen molar-refractivity contribution in [3.63, 3.8) is 0 Å². The van der Waals surface area contributed by atoms with Gasteiger partial charge in [-0.25, -0.2) is 4.98 Å². The van der Waals surface area contributed by atoms with Gasteiger partial charge < -0.3 is 10.1 Å². The molecule has 0 spiro atoms. The zero-order valence-electron chi connectivity index (χ0n) is 8.87. The SMILES string of the molecule is Cc1cccn2c(CC(C)N)nc(Cl)c12. The molecule has 3 nitrogen and oxygen atoms in total. The number of hydrogen-bond donors (Lipinski definition) is 1. The highest BCUT2D eigenvalue weighted by atomic mass is 35.5. The lowest BCUT2D eigenvalue weighted by atomic mass is 10.2. The molecule has 0 aliphatic rings. The van der Waals surface area contributed by atoms with Crippen LogP contribution >= 0.6 is 11.6 Å². The van der Waals surface area contributed by atoms with Gasteiger partial charge in [0.1, 0.15) is 5.82 Å². The summed E-state index contributed by atoms with van der Waals surface area (Å²) in [5, 5.41) is 0.559. The lowest BCUT2D eigenvalue weighted by Crippen LogP contribution is -2.19. The summed E-state index contributed by atoms with van der Waals surface area (Å²) in [6, 6.07) is 4.11. The highest BCUT2D eigenvalue weighted by Crippen LogP contribution is 2.21. The van der Waals surface area contributed by atoms with Crippen LogP contribution in [0.15, 0.2) is 18.3 Å². The molecule has 0 amide bonds. The van der Waals surface area contributed by atoms with Gasteiger partial charge in [0.05, 0.1) is 5.52 Å². The molecule has 0 saturated carbocycles. The summed E-state index contributed by atoms with van der Waals surface area (Å²) in [4.78, 5) is 4.34. The van der Waals surface area contributed by atoms with Crippen molar-refractivity contribution in [2.24, 2.45) is 5.73 Å². The van der Waals surface area contributed by atoms with Crippen LogP contribution in [0.1, 0.15) is 18.3 Å². The predicted molar refractivity (Wildman–Crippen MR) is 62.3 cm³/mol. The average molecular weight is 224 g/mol. The lowest BCUT2D eigenvalue weighted by Gasteiger charge is -2.04. The van der Waals surface area contributed by atoms with Crippen molar-refractivity contribution < 1.29 is 0 Å². The minimum atomic E-state index is 0.0900. The third-order valence-corrected chi connectivity index (χ3v) is 2.66. The van der Waals surface area contributed by atoms with Crippen molar-refractivity contribution in [2.75, 3.05) is 0 Å². The first-order valence-corrected chi connectivity index (χ1v) is 5.35. The van der Waals surface area contributed by atoms with E-state index in [1.54, 1.807) is 0 Å². The van der Waals surface area contributed by atoms with Gasteiger partial charge in [0.2, 0.25) is 0 Å². The van der Waals surface area contributed by atoms with E-state index in [1.807, 2.05) is 36.6 Å². The van der Waals surface area contributed by atoms with Crippen molar-refractivity contribution in [1.82, 2.24) is 9.38 Å². The molecule has 1 unspecified atom stereocenters. The van der Waals surface area contributed by atoms with E-state index in [4.69, 9.17) is 17.3 Å². The van der Waals surface area contributed by atoms with E-state index < -0.39 is 0 Å². The topological polar surface area (TPSA) is 43.3 Å². The largest absolute Gasteiger partial charge is 0.328 e. The first-order valence-electron chi connectivity index (χ1n) is 4.97. The number of aryl methyl sites for hydroxylation is 1. The first kappa shape index (κ1) is 10.5. The molecular weight excluding hydrogens is 210 g/mol. The molecule has 0 fully saturated rings. The Hall–Kier alpha value is -1.06. The summed E-state index contributed by atoms with van der Waals surface area (Å²) >= 11 is 6.09. The number of nitrogens with zero attached hydrogens (tertiary/aromatic N) is 2. The molecule has 2 rings (SSSR count). The van der Waals surface area contributed by atoms with Crippen LogP contribution in [0.4, 0.5) is 0 Å². The maximum atomic E-state index is 6.09. The van der Waals surface area contributed by atoms with Crippen LogP contribution in [0.5, 0.6) is 0 Å². The van der Waals surface area contributed by atoms with E-state index in [0.717, 1.165) is 23.3 Å². The van der Waals surface area contributed by atoms with Crippen LogP contribution in [-0.4, -0.2) is 15.4 Å². The summed E-state index contributed by atoms with van der Waals surface area (Å²) in [7, 11) is 0. The van der Waals surface area contributed by atoms with Gasteiger partial charge in [0.15, 0.2) is 5.15 Å². The van der Waals surface area contributed by atoms with Crippen molar-refractivity contribution in [2.45, 2.75) is 26.3 Å². The highest BCUT2D eigenvalue weighted by Gasteiger charge is 2.11. The number of halogens is 1. The second-order valence-corrected chi connectivity index (χ2v) is 4.27. The Bertz CT molecular complexity index is 488. The third-order valence-electron chi connectivity index (χ3n) is 2.40. The number of fused-ring (bicyclic) bond motifs is 1. The average Bonchev–Trinajstić information content (AvgIpc) is 2.44. The summed E-state index contributed by atoms with van der Waals surface area (Å²) in [6.45, 7) is 3.99. The molecule has 4 heteroatoms. The fraction of sp³-hybridized carbons (Fsp3) is 0.364. The molecule has 0 aliphatic heterocycles. The highest BCUT2D eigenvalue weighted by molar-refractivity contribution is 6.32. The van der Waals surface area contributed by atoms with E-state index in [2.05, 4.69) is 4.98 Å². The maximum absolute atomic E-state index is 6.09. The minimum absolute atomic E-state index is 0.0900. The van der Waals surface area contributed by atoms with Crippen molar-refractivity contribution in [1.29, 1.82) is 0 Å². The van der Waals surface area contributed by atoms with Gasteiger partial charge in [-0.15, -0.1) is 0 Å². The normalized spacial score (nSPS) is 13.3. The molecule has 2 aromatic rings. The zero-order valence-corrected chi connectivity index (χ0v) is 9.62. The summed E-state index contributed by atoms with van der Waals surface area (Å²) < 4.78 is 2.01. The standard InChI is InChI=1S/C11H14ClN3/c1-7-4-3-5-15-9(6-8(2)13)14-11(12)10(7)15/h3-5,8H,6,13H2,1-2H3. The van der Waals surface area contributed by atoms with Gasteiger partial charge in [-0.2, -0.15) is 0 Å². The van der Waals surface area contributed by atoms with Crippen LogP contribution in [0, 0.1) is 6.92 Å². The van der Waals surface area contributed by atoms with Gasteiger partial charge in [0, 0.05) is 18.7 Å². The molecule has 0 saturated heterocycles. The van der Waals surface area contributed by atoms with Crippen LogP contribution in [0.2, 0.25) is 5.15 Å². The van der Waals surface area contributed by atoms with Crippen LogP contribution in [0.25, 0.3) is 5.52 Å². The van der Waals surface area contributed by atoms with Crippen LogP contribution < -0.4 is 5.73 Å². The number of nitrogens with two attached hydrogens (primary N) is 1. The Morgan fingerprint density at radius 2 is 2.33 bits per heavy atom. The monoisotopic (exact) mass is 223 g/mol. The minimum Gasteiger partial charge on any atom is -0.328 e. The first-order chi connectivity index (χ1) is 7.09. The van der Waals surface area contributed by atoms with Crippen LogP contribution in [0.3, 0.4) is 0 Å². The Kier molecular flexibility index (Phi) is 2.67. The summed E-state index contributed by atoms with van der Waals surface area (Å²) in [6.07, 6.45) is 2.70. The van der Waals surface area contributed by atoms with Crippen LogP contribution in [-0.2, 0) is 6.42 Å². The molecule has 2 N–H and O–H groups in total. The maximum Gasteiger partial charge on any atom is 0.155 e. The molecule has 80 valence electrons. The second kappa shape index (κ2) is 3.83. The van der Waals surface area contributed by atoms with Gasteiger partial charge in [-0.3, -0.25) is 0 Å². The number of hydrogen-bond acceptors (Lipinski definition) is 2. The molecular formula is C11H14ClN3. The van der Waals surface area contributed by atoms with Crippen molar-refractivity contribution in [3.8, 4) is 0 Å². The predicted octanol–water partition coefficient (Wildman–Crippen LogP) is 2.19. The fourth-order valence-electron chi connectivity index (χ4n) is 1.75. The van der Waals surface area contributed by atoms with E-state index in [1.165, 1.54) is 0 Å². The molecule has 15 heavy (non-hydrogen) atoms. The van der Waals surface area contributed by atoms with E-state index in [9.17, 15) is 0 Å². The Morgan fingerprint density at radius 3 is 3.00 bits per heavy atom. The molecule has 0 aliphatic carbocycles. The van der Waals surface area contributed by atoms with Crippen molar-refractivity contribution >= 4 is 17.1 Å². The molecule has 0 bridgehead atoms. The molecule has 0 radical (unpaired) electrons. The lowest BCUT2D eigenvalue weighted by molar-refractivity contribution is 0.700. The van der Waals surface area contributed by atoms with Gasteiger partial charge >= 0.3 is 0 Å². The number of rotatable bonds is 2. The fourth-order valence-corrected chi connectivity index (χ4v) is 2.08. The molecule has 1 atom stereocenters. The van der Waals surface area contributed by atoms with Crippen molar-refractivity contribution in [3.05, 3.63) is 34.9 Å². The Labute approximate surface area is 93.9 Å². The molecule has 0 aromatic carbocycles. The van der Waals surface area contributed by atoms with Gasteiger partial charge in [0.25, 0.3) is 0 Å². The Balaban J connectivity index is 2.63. The van der Waals surface area contributed by atoms with E-state index in [-0.39, 0.29) is 6.04 Å². The number of pyridine rings is 1. The quantitative estimate of drug-likeness (QED) is 0.848. The second-order valence-electron chi connectivity index (χ2n) is 3.91. The third kappa shape index (κ3) is 1.85. The van der Waals surface area contributed by atoms with E-state index >= 15 is 0 Å². The Morgan fingerprint density at radius 1 is 1.60 bits per heavy atom. The molecule has 2 aromatic heterocycles. The van der Waals surface area contributed by atoms with Gasteiger partial charge in [-0.05, 0) is 25.5 Å².